The largest absolute Gasteiger partial charge is 0.299 e. The Hall–Kier alpha value is -0.570. The lowest BCUT2D eigenvalue weighted by Gasteiger charge is -2.28. The predicted molar refractivity (Wildman–Crippen MR) is 47.3 cm³/mol. The van der Waals surface area contributed by atoms with Gasteiger partial charge in [-0.15, -0.1) is 10.2 Å². The average molecular weight is 186 g/mol. The van der Waals surface area contributed by atoms with Crippen molar-refractivity contribution in [2.75, 3.05) is 0 Å². The molecule has 2 rings (SSSR count). The molecule has 1 heterocycles. The highest BCUT2D eigenvalue weighted by molar-refractivity contribution is 6.28. The van der Waals surface area contributed by atoms with Gasteiger partial charge < -0.3 is 0 Å². The van der Waals surface area contributed by atoms with E-state index in [4.69, 9.17) is 11.6 Å². The van der Waals surface area contributed by atoms with Gasteiger partial charge >= 0.3 is 0 Å². The lowest BCUT2D eigenvalue weighted by Crippen LogP contribution is -2.19. The van der Waals surface area contributed by atoms with Gasteiger partial charge in [0.15, 0.2) is 0 Å². The Kier molecular flexibility index (Phi) is 2.05. The van der Waals surface area contributed by atoms with Crippen molar-refractivity contribution in [3.8, 4) is 0 Å². The predicted octanol–water partition coefficient (Wildman–Crippen LogP) is 2.22. The molecule has 0 unspecified atom stereocenters. The molecule has 0 atom stereocenters. The van der Waals surface area contributed by atoms with Gasteiger partial charge in [0.05, 0.1) is 0 Å². The first kappa shape index (κ1) is 8.05. The van der Waals surface area contributed by atoms with Crippen LogP contribution in [0.15, 0.2) is 0 Å². The third-order valence-corrected chi connectivity index (χ3v) is 2.74. The van der Waals surface area contributed by atoms with Gasteiger partial charge in [0, 0.05) is 12.5 Å². The molecule has 1 aromatic rings. The lowest BCUT2D eigenvalue weighted by atomic mass is 9.93. The van der Waals surface area contributed by atoms with E-state index in [2.05, 4.69) is 21.7 Å². The second kappa shape index (κ2) is 3.05. The standard InChI is InChI=1S/C8H12ClN3/c1-2-7-10-11-8(9)12(7)6-4-3-5-6/h6H,2-5H2,1H3. The molecule has 0 spiro atoms. The zero-order valence-electron chi connectivity index (χ0n) is 7.13. The Morgan fingerprint density at radius 3 is 2.75 bits per heavy atom. The number of nitrogens with zero attached hydrogens (tertiary/aromatic N) is 3. The van der Waals surface area contributed by atoms with Crippen LogP contribution in [0.2, 0.25) is 5.28 Å². The number of aryl methyl sites for hydroxylation is 1. The summed E-state index contributed by atoms with van der Waals surface area (Å²) in [6.07, 6.45) is 4.67. The molecule has 0 radical (unpaired) electrons. The molecule has 1 saturated carbocycles. The number of rotatable bonds is 2. The van der Waals surface area contributed by atoms with Crippen molar-refractivity contribution in [3.05, 3.63) is 11.1 Å². The van der Waals surface area contributed by atoms with Crippen LogP contribution in [0.4, 0.5) is 0 Å². The summed E-state index contributed by atoms with van der Waals surface area (Å²) in [7, 11) is 0. The second-order valence-corrected chi connectivity index (χ2v) is 3.53. The molecule has 0 bridgehead atoms. The van der Waals surface area contributed by atoms with Crippen molar-refractivity contribution in [2.45, 2.75) is 38.6 Å². The minimum Gasteiger partial charge on any atom is -0.299 e. The summed E-state index contributed by atoms with van der Waals surface area (Å²) >= 11 is 5.92. The fourth-order valence-corrected chi connectivity index (χ4v) is 1.82. The molecule has 1 aromatic heterocycles. The van der Waals surface area contributed by atoms with Gasteiger partial charge in [0.1, 0.15) is 5.82 Å². The lowest BCUT2D eigenvalue weighted by molar-refractivity contribution is 0.306. The van der Waals surface area contributed by atoms with E-state index < -0.39 is 0 Å². The Morgan fingerprint density at radius 2 is 2.25 bits per heavy atom. The van der Waals surface area contributed by atoms with E-state index in [1.165, 1.54) is 19.3 Å². The van der Waals surface area contributed by atoms with E-state index in [0.29, 0.717) is 11.3 Å². The maximum atomic E-state index is 5.92. The molecule has 0 aliphatic heterocycles. The number of hydrogen-bond acceptors (Lipinski definition) is 2. The number of halogens is 1. The molecule has 1 aliphatic carbocycles. The van der Waals surface area contributed by atoms with Crippen molar-refractivity contribution < 1.29 is 0 Å². The Morgan fingerprint density at radius 1 is 1.50 bits per heavy atom. The maximum absolute atomic E-state index is 5.92. The van der Waals surface area contributed by atoms with Gasteiger partial charge in [-0.3, -0.25) is 4.57 Å². The summed E-state index contributed by atoms with van der Waals surface area (Å²) in [5.74, 6) is 1.02. The van der Waals surface area contributed by atoms with Crippen LogP contribution in [0.25, 0.3) is 0 Å². The SMILES string of the molecule is CCc1nnc(Cl)n1C1CCC1. The van der Waals surface area contributed by atoms with Crippen molar-refractivity contribution >= 4 is 11.6 Å². The van der Waals surface area contributed by atoms with Gasteiger partial charge in [0.25, 0.3) is 0 Å². The summed E-state index contributed by atoms with van der Waals surface area (Å²) < 4.78 is 2.07. The summed E-state index contributed by atoms with van der Waals surface area (Å²) in [6, 6.07) is 0.572. The fourth-order valence-electron chi connectivity index (χ4n) is 1.55. The number of aromatic nitrogens is 3. The monoisotopic (exact) mass is 185 g/mol. The van der Waals surface area contributed by atoms with Crippen molar-refractivity contribution in [3.63, 3.8) is 0 Å². The molecular formula is C8H12ClN3. The van der Waals surface area contributed by atoms with Crippen LogP contribution in [-0.4, -0.2) is 14.8 Å². The molecule has 4 heteroatoms. The molecule has 0 amide bonds. The van der Waals surface area contributed by atoms with E-state index in [1.807, 2.05) is 0 Å². The molecule has 3 nitrogen and oxygen atoms in total. The zero-order valence-corrected chi connectivity index (χ0v) is 7.88. The van der Waals surface area contributed by atoms with Crippen LogP contribution in [-0.2, 0) is 6.42 Å². The van der Waals surface area contributed by atoms with Gasteiger partial charge in [0.2, 0.25) is 5.28 Å². The fraction of sp³-hybridized carbons (Fsp3) is 0.750. The Bertz CT molecular complexity index is 278. The van der Waals surface area contributed by atoms with E-state index in [0.717, 1.165) is 12.2 Å². The van der Waals surface area contributed by atoms with Crippen LogP contribution in [0.3, 0.4) is 0 Å². The molecule has 0 saturated heterocycles. The smallest absolute Gasteiger partial charge is 0.225 e. The third kappa shape index (κ3) is 1.12. The minimum absolute atomic E-state index is 0.552. The van der Waals surface area contributed by atoms with Crippen molar-refractivity contribution in [2.24, 2.45) is 0 Å². The minimum atomic E-state index is 0.552. The molecule has 12 heavy (non-hydrogen) atoms. The van der Waals surface area contributed by atoms with E-state index in [1.54, 1.807) is 0 Å². The topological polar surface area (TPSA) is 30.7 Å². The molecular weight excluding hydrogens is 174 g/mol. The average Bonchev–Trinajstić information content (AvgIpc) is 2.30. The van der Waals surface area contributed by atoms with E-state index in [9.17, 15) is 0 Å². The van der Waals surface area contributed by atoms with Gasteiger partial charge in [-0.05, 0) is 30.9 Å². The maximum Gasteiger partial charge on any atom is 0.225 e. The molecule has 1 aliphatic rings. The van der Waals surface area contributed by atoms with Crippen LogP contribution < -0.4 is 0 Å². The van der Waals surface area contributed by atoms with Gasteiger partial charge in [-0.2, -0.15) is 0 Å². The Labute approximate surface area is 76.7 Å². The van der Waals surface area contributed by atoms with Crippen LogP contribution in [0.5, 0.6) is 0 Å². The van der Waals surface area contributed by atoms with Crippen molar-refractivity contribution in [1.29, 1.82) is 0 Å². The highest BCUT2D eigenvalue weighted by atomic mass is 35.5. The highest BCUT2D eigenvalue weighted by Crippen LogP contribution is 2.34. The van der Waals surface area contributed by atoms with Gasteiger partial charge in [-0.25, -0.2) is 0 Å². The zero-order chi connectivity index (χ0) is 8.55. The van der Waals surface area contributed by atoms with Gasteiger partial charge in [-0.1, -0.05) is 6.92 Å². The van der Waals surface area contributed by atoms with E-state index >= 15 is 0 Å². The molecule has 0 N–H and O–H groups in total. The summed E-state index contributed by atoms with van der Waals surface area (Å²) in [5, 5.41) is 8.44. The first-order valence-electron chi connectivity index (χ1n) is 4.42. The molecule has 1 fully saturated rings. The molecule has 0 aromatic carbocycles. The first-order valence-corrected chi connectivity index (χ1v) is 4.80. The van der Waals surface area contributed by atoms with Crippen LogP contribution in [0.1, 0.15) is 38.1 Å². The first-order chi connectivity index (χ1) is 5.83. The van der Waals surface area contributed by atoms with Crippen molar-refractivity contribution in [1.82, 2.24) is 14.8 Å². The number of hydrogen-bond donors (Lipinski definition) is 0. The summed E-state index contributed by atoms with van der Waals surface area (Å²) in [5.41, 5.74) is 0. The quantitative estimate of drug-likeness (QED) is 0.708. The Balaban J connectivity index is 2.31. The van der Waals surface area contributed by atoms with E-state index in [-0.39, 0.29) is 0 Å². The summed E-state index contributed by atoms with van der Waals surface area (Å²) in [4.78, 5) is 0. The highest BCUT2D eigenvalue weighted by Gasteiger charge is 2.24. The molecule has 66 valence electrons. The van der Waals surface area contributed by atoms with Crippen LogP contribution in [0, 0.1) is 0 Å². The summed E-state index contributed by atoms with van der Waals surface area (Å²) in [6.45, 7) is 2.08. The third-order valence-electron chi connectivity index (χ3n) is 2.48. The normalized spacial score (nSPS) is 17.8. The second-order valence-electron chi connectivity index (χ2n) is 3.19. The van der Waals surface area contributed by atoms with Crippen LogP contribution >= 0.6 is 11.6 Å².